The van der Waals surface area contributed by atoms with E-state index in [4.69, 9.17) is 0 Å². The van der Waals surface area contributed by atoms with Crippen LogP contribution in [0.1, 0.15) is 72.7 Å². The first-order valence-corrected chi connectivity index (χ1v) is 10.6. The van der Waals surface area contributed by atoms with Crippen molar-refractivity contribution in [1.29, 1.82) is 0 Å². The molecule has 4 nitrogen and oxygen atoms in total. The highest BCUT2D eigenvalue weighted by Crippen LogP contribution is 2.46. The van der Waals surface area contributed by atoms with Gasteiger partial charge in [-0.05, 0) is 31.6 Å². The van der Waals surface area contributed by atoms with E-state index < -0.39 is 18.4 Å². The van der Waals surface area contributed by atoms with Crippen LogP contribution in [0.15, 0.2) is 11.6 Å². The number of alkyl halides is 3. The monoisotopic (exact) mass is 416 g/mol. The molecule has 0 aliphatic heterocycles. The highest BCUT2D eigenvalue weighted by atomic mass is 32.1. The topological polar surface area (TPSA) is 59.9 Å². The van der Waals surface area contributed by atoms with E-state index in [1.165, 1.54) is 11.3 Å². The maximum atomic E-state index is 12.6. The molecular formula is C18H19F3N2O2S2. The minimum atomic E-state index is -4.74. The fraction of sp³-hybridized carbons (Fsp3) is 0.556. The Balaban J connectivity index is 1.48. The number of hydrogen-bond acceptors (Lipinski definition) is 6. The van der Waals surface area contributed by atoms with Crippen molar-refractivity contribution in [2.24, 2.45) is 0 Å². The highest BCUT2D eigenvalue weighted by molar-refractivity contribution is 7.20. The van der Waals surface area contributed by atoms with Crippen molar-refractivity contribution in [2.45, 2.75) is 63.5 Å². The lowest BCUT2D eigenvalue weighted by atomic mass is 10.0. The van der Waals surface area contributed by atoms with Crippen LogP contribution in [0.4, 0.5) is 13.2 Å². The molecule has 2 aromatic heterocycles. The van der Waals surface area contributed by atoms with Crippen molar-refractivity contribution in [2.75, 3.05) is 0 Å². The Morgan fingerprint density at radius 3 is 2.37 bits per heavy atom. The maximum Gasteiger partial charge on any atom is 0.449 e. The number of thiazole rings is 2. The first-order valence-electron chi connectivity index (χ1n) is 8.90. The predicted molar refractivity (Wildman–Crippen MR) is 98.3 cm³/mol. The zero-order chi connectivity index (χ0) is 19.4. The molecule has 0 radical (unpaired) electrons. The Bertz CT molecular complexity index is 796. The average Bonchev–Trinajstić information content (AvgIpc) is 3.13. The quantitative estimate of drug-likeness (QED) is 0.363. The van der Waals surface area contributed by atoms with Crippen LogP contribution in [0.25, 0.3) is 10.0 Å². The van der Waals surface area contributed by atoms with Crippen LogP contribution >= 0.6 is 22.7 Å². The van der Waals surface area contributed by atoms with Gasteiger partial charge in [-0.3, -0.25) is 9.59 Å². The van der Waals surface area contributed by atoms with Crippen LogP contribution in [0.3, 0.4) is 0 Å². The lowest BCUT2D eigenvalue weighted by molar-refractivity contribution is -0.171. The molecule has 0 saturated heterocycles. The van der Waals surface area contributed by atoms with Gasteiger partial charge < -0.3 is 0 Å². The van der Waals surface area contributed by atoms with E-state index in [9.17, 15) is 22.8 Å². The number of unbranched alkanes of at least 4 members (excludes halogenated alkanes) is 3. The van der Waals surface area contributed by atoms with Gasteiger partial charge in [-0.1, -0.05) is 12.8 Å². The third-order valence-electron chi connectivity index (χ3n) is 4.35. The number of rotatable bonds is 10. The molecule has 1 aliphatic carbocycles. The summed E-state index contributed by atoms with van der Waals surface area (Å²) < 4.78 is 36.4. The van der Waals surface area contributed by atoms with Gasteiger partial charge in [0.2, 0.25) is 5.78 Å². The Labute approximate surface area is 162 Å². The number of carbonyl (C=O) groups is 2. The summed E-state index contributed by atoms with van der Waals surface area (Å²) in [7, 11) is 0. The van der Waals surface area contributed by atoms with Gasteiger partial charge in [0.25, 0.3) is 0 Å². The molecule has 27 heavy (non-hydrogen) atoms. The standard InChI is InChI=1S/C18H19F3N2O2S2/c19-18(20,21)13(25)6-4-2-1-3-5-12(24)14-15(11-7-8-11)27-17(23-14)16-22-9-10-26-16/h9-11H,1-8H2. The average molecular weight is 416 g/mol. The van der Waals surface area contributed by atoms with Gasteiger partial charge in [0.05, 0.1) is 0 Å². The molecule has 1 saturated carbocycles. The van der Waals surface area contributed by atoms with Crippen molar-refractivity contribution in [3.8, 4) is 10.0 Å². The Morgan fingerprint density at radius 1 is 1.07 bits per heavy atom. The molecule has 0 atom stereocenters. The second-order valence-corrected chi connectivity index (χ2v) is 8.53. The van der Waals surface area contributed by atoms with Crippen molar-refractivity contribution >= 4 is 34.2 Å². The molecule has 1 fully saturated rings. The molecule has 3 rings (SSSR count). The molecule has 1 aliphatic rings. The van der Waals surface area contributed by atoms with E-state index in [0.717, 1.165) is 27.7 Å². The largest absolute Gasteiger partial charge is 0.449 e. The summed E-state index contributed by atoms with van der Waals surface area (Å²) in [6.07, 6.45) is 0.891. The van der Waals surface area contributed by atoms with Crippen molar-refractivity contribution in [3.05, 3.63) is 22.1 Å². The van der Waals surface area contributed by atoms with Crippen molar-refractivity contribution < 1.29 is 22.8 Å². The second kappa shape index (κ2) is 8.60. The van der Waals surface area contributed by atoms with Gasteiger partial charge in [-0.25, -0.2) is 9.97 Å². The lowest BCUT2D eigenvalue weighted by Crippen LogP contribution is -2.22. The molecule has 0 bridgehead atoms. The van der Waals surface area contributed by atoms with Crippen molar-refractivity contribution in [3.63, 3.8) is 0 Å². The lowest BCUT2D eigenvalue weighted by Gasteiger charge is -2.04. The number of Topliss-reactive ketones (excluding diaryl/α,β-unsaturated/α-hetero) is 2. The molecule has 0 aromatic carbocycles. The minimum absolute atomic E-state index is 0.0117. The molecule has 0 unspecified atom stereocenters. The summed E-state index contributed by atoms with van der Waals surface area (Å²) in [6.45, 7) is 0. The second-order valence-electron chi connectivity index (χ2n) is 6.60. The van der Waals surface area contributed by atoms with Crippen LogP contribution < -0.4 is 0 Å². The zero-order valence-corrected chi connectivity index (χ0v) is 16.2. The number of hydrogen-bond donors (Lipinski definition) is 0. The first kappa shape index (κ1) is 20.1. The van der Waals surface area contributed by atoms with Gasteiger partial charge in [-0.2, -0.15) is 13.2 Å². The van der Waals surface area contributed by atoms with E-state index in [-0.39, 0.29) is 12.2 Å². The summed E-state index contributed by atoms with van der Waals surface area (Å²) >= 11 is 3.03. The van der Waals surface area contributed by atoms with Gasteiger partial charge in [0.15, 0.2) is 15.8 Å². The van der Waals surface area contributed by atoms with Crippen molar-refractivity contribution in [1.82, 2.24) is 9.97 Å². The van der Waals surface area contributed by atoms with E-state index in [2.05, 4.69) is 9.97 Å². The fourth-order valence-electron chi connectivity index (χ4n) is 2.76. The van der Waals surface area contributed by atoms with E-state index in [1.54, 1.807) is 17.5 Å². The minimum Gasteiger partial charge on any atom is -0.292 e. The Hall–Kier alpha value is -1.61. The van der Waals surface area contributed by atoms with Gasteiger partial charge in [0.1, 0.15) is 5.69 Å². The maximum absolute atomic E-state index is 12.6. The van der Waals surface area contributed by atoms with E-state index in [1.807, 2.05) is 5.38 Å². The molecule has 0 amide bonds. The number of halogens is 3. The molecule has 2 aromatic rings. The number of nitrogens with zero attached hydrogens (tertiary/aromatic N) is 2. The number of aromatic nitrogens is 2. The summed E-state index contributed by atoms with van der Waals surface area (Å²) in [5.41, 5.74) is 0.542. The Morgan fingerprint density at radius 2 is 1.78 bits per heavy atom. The highest BCUT2D eigenvalue weighted by Gasteiger charge is 2.37. The van der Waals surface area contributed by atoms with Crippen LogP contribution in [-0.2, 0) is 4.79 Å². The summed E-state index contributed by atoms with van der Waals surface area (Å²) in [4.78, 5) is 33.2. The molecular weight excluding hydrogens is 397 g/mol. The van der Waals surface area contributed by atoms with E-state index in [0.29, 0.717) is 37.3 Å². The van der Waals surface area contributed by atoms with Gasteiger partial charge in [-0.15, -0.1) is 22.7 Å². The van der Waals surface area contributed by atoms with Crippen LogP contribution in [-0.4, -0.2) is 27.7 Å². The smallest absolute Gasteiger partial charge is 0.292 e. The summed E-state index contributed by atoms with van der Waals surface area (Å²) in [5, 5.41) is 3.47. The van der Waals surface area contributed by atoms with Crippen LogP contribution in [0.2, 0.25) is 0 Å². The molecule has 0 spiro atoms. The third kappa shape index (κ3) is 5.44. The SMILES string of the molecule is O=C(CCCCCCC(=O)C(F)(F)F)c1nc(-c2nccs2)sc1C1CC1. The first-order chi connectivity index (χ1) is 12.9. The number of ketones is 2. The van der Waals surface area contributed by atoms with Gasteiger partial charge >= 0.3 is 6.18 Å². The Kier molecular flexibility index (Phi) is 6.41. The number of carbonyl (C=O) groups excluding carboxylic acids is 2. The van der Waals surface area contributed by atoms with Crippen LogP contribution in [0.5, 0.6) is 0 Å². The molecule has 9 heteroatoms. The van der Waals surface area contributed by atoms with E-state index >= 15 is 0 Å². The zero-order valence-electron chi connectivity index (χ0n) is 14.6. The van der Waals surface area contributed by atoms with Gasteiger partial charge in [0, 0.05) is 29.3 Å². The molecule has 146 valence electrons. The van der Waals surface area contributed by atoms with Crippen LogP contribution in [0, 0.1) is 0 Å². The normalized spacial score (nSPS) is 14.5. The predicted octanol–water partition coefficient (Wildman–Crippen LogP) is 5.80. The summed E-state index contributed by atoms with van der Waals surface area (Å²) in [6, 6.07) is 0. The third-order valence-corrected chi connectivity index (χ3v) is 6.49. The fourth-order valence-corrected chi connectivity index (χ4v) is 4.69. The molecule has 2 heterocycles. The summed E-state index contributed by atoms with van der Waals surface area (Å²) in [5.74, 6) is -1.27. The molecule has 0 N–H and O–H groups in total.